The molecule has 0 saturated carbocycles. The Balaban J connectivity index is 2.21. The predicted molar refractivity (Wildman–Crippen MR) is 104 cm³/mol. The van der Waals surface area contributed by atoms with Crippen molar-refractivity contribution in [3.05, 3.63) is 53.6 Å². The summed E-state index contributed by atoms with van der Waals surface area (Å²) in [6, 6.07) is 12.0. The van der Waals surface area contributed by atoms with Gasteiger partial charge < -0.3 is 10.1 Å². The fraction of sp³-hybridized carbons (Fsp3) is 0.316. The van der Waals surface area contributed by atoms with Gasteiger partial charge in [-0.05, 0) is 56.2 Å². The quantitative estimate of drug-likeness (QED) is 0.734. The minimum atomic E-state index is -3.40. The highest BCUT2D eigenvalue weighted by Crippen LogP contribution is 2.25. The summed E-state index contributed by atoms with van der Waals surface area (Å²) in [7, 11) is -3.40. The predicted octanol–water partition coefficient (Wildman–Crippen LogP) is 3.80. The van der Waals surface area contributed by atoms with Crippen LogP contribution < -0.4 is 14.8 Å². The molecule has 0 heterocycles. The Bertz CT molecular complexity index is 879. The number of amides is 1. The number of rotatable bonds is 8. The van der Waals surface area contributed by atoms with E-state index < -0.39 is 10.0 Å². The van der Waals surface area contributed by atoms with Crippen LogP contribution in [0, 0.1) is 6.92 Å². The molecule has 0 spiro atoms. The molecular formula is C19H24N2O4S. The van der Waals surface area contributed by atoms with Gasteiger partial charge in [0.15, 0.2) is 0 Å². The Kier molecular flexibility index (Phi) is 6.63. The molecule has 0 saturated heterocycles. The summed E-state index contributed by atoms with van der Waals surface area (Å²) >= 11 is 0. The van der Waals surface area contributed by atoms with E-state index in [1.165, 1.54) is 0 Å². The maximum atomic E-state index is 12.5. The first-order valence-corrected chi connectivity index (χ1v) is 10.2. The molecule has 2 aromatic carbocycles. The summed E-state index contributed by atoms with van der Waals surface area (Å²) in [5.74, 6) is 0.383. The zero-order valence-corrected chi connectivity index (χ0v) is 16.0. The number of anilines is 2. The molecule has 0 aliphatic rings. The van der Waals surface area contributed by atoms with Gasteiger partial charge in [0.2, 0.25) is 10.0 Å². The standard InChI is InChI=1S/C19H24N2O4S/c1-4-12-26(23,24)21-18-11-7-10-17(14(18)3)20-19(22)15-8-6-9-16(13-15)25-5-2/h6-11,13,21H,4-5,12H2,1-3H3,(H,20,22). The molecule has 0 radical (unpaired) electrons. The van der Waals surface area contributed by atoms with E-state index in [2.05, 4.69) is 10.0 Å². The highest BCUT2D eigenvalue weighted by molar-refractivity contribution is 7.92. The van der Waals surface area contributed by atoms with Crippen LogP contribution in [0.15, 0.2) is 42.5 Å². The summed E-state index contributed by atoms with van der Waals surface area (Å²) in [4.78, 5) is 12.5. The van der Waals surface area contributed by atoms with Crippen LogP contribution in [0.25, 0.3) is 0 Å². The number of carbonyl (C=O) groups is 1. The van der Waals surface area contributed by atoms with Crippen LogP contribution in [0.2, 0.25) is 0 Å². The molecular weight excluding hydrogens is 352 g/mol. The van der Waals surface area contributed by atoms with Crippen LogP contribution >= 0.6 is 0 Å². The topological polar surface area (TPSA) is 84.5 Å². The van der Waals surface area contributed by atoms with Crippen molar-refractivity contribution < 1.29 is 17.9 Å². The maximum absolute atomic E-state index is 12.5. The molecule has 0 aromatic heterocycles. The van der Waals surface area contributed by atoms with Gasteiger partial charge in [-0.1, -0.05) is 19.1 Å². The SMILES string of the molecule is CCCS(=O)(=O)Nc1cccc(NC(=O)c2cccc(OCC)c2)c1C. The molecule has 0 bridgehead atoms. The number of sulfonamides is 1. The molecule has 6 nitrogen and oxygen atoms in total. The Morgan fingerprint density at radius 2 is 1.77 bits per heavy atom. The van der Waals surface area contributed by atoms with Gasteiger partial charge in [-0.25, -0.2) is 8.42 Å². The Hall–Kier alpha value is -2.54. The van der Waals surface area contributed by atoms with E-state index in [1.807, 2.05) is 6.92 Å². The van der Waals surface area contributed by atoms with Gasteiger partial charge in [0.05, 0.1) is 18.0 Å². The molecule has 0 aliphatic carbocycles. The largest absolute Gasteiger partial charge is 0.494 e. The van der Waals surface area contributed by atoms with Gasteiger partial charge in [-0.15, -0.1) is 0 Å². The molecule has 140 valence electrons. The smallest absolute Gasteiger partial charge is 0.255 e. The van der Waals surface area contributed by atoms with Crippen molar-refractivity contribution in [2.45, 2.75) is 27.2 Å². The van der Waals surface area contributed by atoms with Gasteiger partial charge in [-0.3, -0.25) is 9.52 Å². The van der Waals surface area contributed by atoms with Crippen LogP contribution in [0.3, 0.4) is 0 Å². The first-order valence-electron chi connectivity index (χ1n) is 8.50. The zero-order chi connectivity index (χ0) is 19.2. The fourth-order valence-electron chi connectivity index (χ4n) is 2.46. The third kappa shape index (κ3) is 5.23. The summed E-state index contributed by atoms with van der Waals surface area (Å²) in [6.07, 6.45) is 0.529. The second kappa shape index (κ2) is 8.71. The van der Waals surface area contributed by atoms with Crippen molar-refractivity contribution in [1.82, 2.24) is 0 Å². The van der Waals surface area contributed by atoms with E-state index in [1.54, 1.807) is 56.3 Å². The lowest BCUT2D eigenvalue weighted by Gasteiger charge is -2.14. The van der Waals surface area contributed by atoms with Gasteiger partial charge in [0.25, 0.3) is 5.91 Å². The molecule has 2 N–H and O–H groups in total. The average Bonchev–Trinajstić information content (AvgIpc) is 2.58. The maximum Gasteiger partial charge on any atom is 0.255 e. The van der Waals surface area contributed by atoms with E-state index in [9.17, 15) is 13.2 Å². The van der Waals surface area contributed by atoms with E-state index in [0.717, 1.165) is 0 Å². The van der Waals surface area contributed by atoms with E-state index in [4.69, 9.17) is 4.74 Å². The average molecular weight is 376 g/mol. The number of hydrogen-bond donors (Lipinski definition) is 2. The molecule has 0 unspecified atom stereocenters. The molecule has 1 amide bonds. The van der Waals surface area contributed by atoms with Crippen molar-refractivity contribution in [1.29, 1.82) is 0 Å². The van der Waals surface area contributed by atoms with Gasteiger partial charge in [0.1, 0.15) is 5.75 Å². The van der Waals surface area contributed by atoms with E-state index >= 15 is 0 Å². The zero-order valence-electron chi connectivity index (χ0n) is 15.2. The summed E-state index contributed by atoms with van der Waals surface area (Å²) in [5.41, 5.74) is 2.13. The van der Waals surface area contributed by atoms with Crippen molar-refractivity contribution in [2.24, 2.45) is 0 Å². The third-order valence-electron chi connectivity index (χ3n) is 3.73. The summed E-state index contributed by atoms with van der Waals surface area (Å²) in [6.45, 7) is 5.96. The normalized spacial score (nSPS) is 11.0. The Labute approximate surface area is 154 Å². The minimum Gasteiger partial charge on any atom is -0.494 e. The van der Waals surface area contributed by atoms with Crippen LogP contribution in [0.1, 0.15) is 36.2 Å². The molecule has 0 aliphatic heterocycles. The number of nitrogens with one attached hydrogen (secondary N) is 2. The first-order chi connectivity index (χ1) is 12.4. The van der Waals surface area contributed by atoms with Crippen LogP contribution in [0.4, 0.5) is 11.4 Å². The second-order valence-corrected chi connectivity index (χ2v) is 7.66. The molecule has 7 heteroatoms. The van der Waals surface area contributed by atoms with Crippen LogP contribution in [-0.2, 0) is 10.0 Å². The second-order valence-electron chi connectivity index (χ2n) is 5.81. The monoisotopic (exact) mass is 376 g/mol. The van der Waals surface area contributed by atoms with Gasteiger partial charge in [-0.2, -0.15) is 0 Å². The van der Waals surface area contributed by atoms with E-state index in [0.29, 0.717) is 41.3 Å². The fourth-order valence-corrected chi connectivity index (χ4v) is 3.65. The lowest BCUT2D eigenvalue weighted by atomic mass is 10.1. The molecule has 0 atom stereocenters. The van der Waals surface area contributed by atoms with Gasteiger partial charge >= 0.3 is 0 Å². The van der Waals surface area contributed by atoms with Gasteiger partial charge in [0, 0.05) is 11.3 Å². The van der Waals surface area contributed by atoms with Crippen molar-refractivity contribution in [3.8, 4) is 5.75 Å². The van der Waals surface area contributed by atoms with Crippen molar-refractivity contribution in [3.63, 3.8) is 0 Å². The lowest BCUT2D eigenvalue weighted by Crippen LogP contribution is -2.18. The Morgan fingerprint density at radius 3 is 2.46 bits per heavy atom. The number of ether oxygens (including phenoxy) is 1. The Morgan fingerprint density at radius 1 is 1.08 bits per heavy atom. The lowest BCUT2D eigenvalue weighted by molar-refractivity contribution is 0.102. The number of hydrogen-bond acceptors (Lipinski definition) is 4. The van der Waals surface area contributed by atoms with Crippen LogP contribution in [0.5, 0.6) is 5.75 Å². The van der Waals surface area contributed by atoms with Crippen molar-refractivity contribution >= 4 is 27.3 Å². The van der Waals surface area contributed by atoms with E-state index in [-0.39, 0.29) is 11.7 Å². The first kappa shape index (κ1) is 19.8. The highest BCUT2D eigenvalue weighted by Gasteiger charge is 2.14. The summed E-state index contributed by atoms with van der Waals surface area (Å²) < 4.78 is 32.0. The third-order valence-corrected chi connectivity index (χ3v) is 5.20. The molecule has 2 rings (SSSR count). The number of benzene rings is 2. The van der Waals surface area contributed by atoms with Crippen molar-refractivity contribution in [2.75, 3.05) is 22.4 Å². The summed E-state index contributed by atoms with van der Waals surface area (Å²) in [5, 5.41) is 2.82. The number of carbonyl (C=O) groups excluding carboxylic acids is 1. The highest BCUT2D eigenvalue weighted by atomic mass is 32.2. The molecule has 26 heavy (non-hydrogen) atoms. The van der Waals surface area contributed by atoms with Crippen LogP contribution in [-0.4, -0.2) is 26.7 Å². The molecule has 0 fully saturated rings. The minimum absolute atomic E-state index is 0.0489. The molecule has 2 aromatic rings.